The minimum Gasteiger partial charge on any atom is -0.469 e. The number of carbonyl (C=O) groups excluding carboxylic acids is 2. The van der Waals surface area contributed by atoms with Crippen molar-refractivity contribution in [2.75, 3.05) is 5.32 Å². The number of thiazole rings is 1. The third-order valence-electron chi connectivity index (χ3n) is 3.09. The molecule has 0 unspecified atom stereocenters. The Bertz CT molecular complexity index is 634. The molecule has 2 amide bonds. The molecule has 6 nitrogen and oxygen atoms in total. The van der Waals surface area contributed by atoms with Gasteiger partial charge in [-0.05, 0) is 25.3 Å². The zero-order valence-corrected chi connectivity index (χ0v) is 13.6. The molecule has 0 aliphatic heterocycles. The molecule has 2 aromatic heterocycles. The van der Waals surface area contributed by atoms with E-state index >= 15 is 0 Å². The lowest BCUT2D eigenvalue weighted by atomic mass is 10.0. The van der Waals surface area contributed by atoms with Crippen LogP contribution in [0.15, 0.2) is 28.3 Å². The van der Waals surface area contributed by atoms with Gasteiger partial charge in [-0.1, -0.05) is 13.8 Å². The monoisotopic (exact) mass is 321 g/mol. The molecule has 2 rings (SSSR count). The third kappa shape index (κ3) is 4.17. The van der Waals surface area contributed by atoms with Gasteiger partial charge in [0.1, 0.15) is 11.8 Å². The zero-order chi connectivity index (χ0) is 16.1. The molecule has 0 radical (unpaired) electrons. The van der Waals surface area contributed by atoms with Crippen LogP contribution in [0.1, 0.15) is 36.4 Å². The highest BCUT2D eigenvalue weighted by molar-refractivity contribution is 7.13. The highest BCUT2D eigenvalue weighted by atomic mass is 32.1. The Morgan fingerprint density at radius 3 is 2.73 bits per heavy atom. The molecule has 1 atom stereocenters. The summed E-state index contributed by atoms with van der Waals surface area (Å²) in [4.78, 5) is 28.6. The van der Waals surface area contributed by atoms with Crippen molar-refractivity contribution >= 4 is 28.3 Å². The Morgan fingerprint density at radius 1 is 1.41 bits per heavy atom. The third-order valence-corrected chi connectivity index (χ3v) is 3.78. The molecule has 0 saturated heterocycles. The quantitative estimate of drug-likeness (QED) is 0.857. The number of furan rings is 1. The molecule has 2 aromatic rings. The van der Waals surface area contributed by atoms with Crippen molar-refractivity contribution < 1.29 is 14.0 Å². The molecule has 2 heterocycles. The Labute approximate surface area is 132 Å². The lowest BCUT2D eigenvalue weighted by Gasteiger charge is -2.19. The smallest absolute Gasteiger partial charge is 0.255 e. The van der Waals surface area contributed by atoms with Gasteiger partial charge in [0, 0.05) is 11.6 Å². The average Bonchev–Trinajstić information content (AvgIpc) is 3.08. The largest absolute Gasteiger partial charge is 0.469 e. The van der Waals surface area contributed by atoms with Gasteiger partial charge in [0.15, 0.2) is 5.13 Å². The van der Waals surface area contributed by atoms with Crippen LogP contribution in [0.2, 0.25) is 0 Å². The van der Waals surface area contributed by atoms with Crippen molar-refractivity contribution in [3.05, 3.63) is 35.2 Å². The molecule has 0 saturated carbocycles. The number of carbonyl (C=O) groups is 2. The van der Waals surface area contributed by atoms with Crippen LogP contribution in [0.25, 0.3) is 0 Å². The number of hydrogen-bond donors (Lipinski definition) is 2. The van der Waals surface area contributed by atoms with Crippen LogP contribution in [-0.2, 0) is 4.79 Å². The Morgan fingerprint density at radius 2 is 2.18 bits per heavy atom. The molecule has 0 bridgehead atoms. The van der Waals surface area contributed by atoms with E-state index in [-0.39, 0.29) is 17.7 Å². The van der Waals surface area contributed by atoms with Crippen LogP contribution in [0.5, 0.6) is 0 Å². The molecule has 0 aliphatic carbocycles. The van der Waals surface area contributed by atoms with Crippen LogP contribution in [0.4, 0.5) is 5.13 Å². The van der Waals surface area contributed by atoms with E-state index in [4.69, 9.17) is 4.42 Å². The standard InChI is InChI=1S/C15H19N3O3S/c1-9(2)8-12(14(20)18-15-16-5-7-22-15)17-13(19)11-4-6-21-10(11)3/h4-7,9,12H,8H2,1-3H3,(H,17,19)(H,16,18,20)/t12-/m0/s1. The van der Waals surface area contributed by atoms with Gasteiger partial charge in [-0.25, -0.2) is 4.98 Å². The van der Waals surface area contributed by atoms with E-state index in [0.29, 0.717) is 22.9 Å². The number of amides is 2. The minimum atomic E-state index is -0.620. The predicted molar refractivity (Wildman–Crippen MR) is 84.9 cm³/mol. The summed E-state index contributed by atoms with van der Waals surface area (Å²) >= 11 is 1.34. The summed E-state index contributed by atoms with van der Waals surface area (Å²) in [5.74, 6) is 0.211. The molecule has 22 heavy (non-hydrogen) atoms. The summed E-state index contributed by atoms with van der Waals surface area (Å²) < 4.78 is 5.12. The van der Waals surface area contributed by atoms with E-state index in [2.05, 4.69) is 15.6 Å². The minimum absolute atomic E-state index is 0.262. The van der Waals surface area contributed by atoms with Crippen LogP contribution >= 0.6 is 11.3 Å². The van der Waals surface area contributed by atoms with Crippen LogP contribution < -0.4 is 10.6 Å². The fraction of sp³-hybridized carbons (Fsp3) is 0.400. The van der Waals surface area contributed by atoms with Crippen molar-refractivity contribution in [2.45, 2.75) is 33.2 Å². The van der Waals surface area contributed by atoms with E-state index in [1.807, 2.05) is 13.8 Å². The number of anilines is 1. The van der Waals surface area contributed by atoms with Crippen molar-refractivity contribution in [3.8, 4) is 0 Å². The summed E-state index contributed by atoms with van der Waals surface area (Å²) in [5, 5.41) is 7.79. The second-order valence-corrected chi connectivity index (χ2v) is 6.27. The summed E-state index contributed by atoms with van der Waals surface area (Å²) in [6, 6.07) is 0.973. The van der Waals surface area contributed by atoms with Gasteiger partial charge in [0.25, 0.3) is 5.91 Å². The van der Waals surface area contributed by atoms with E-state index in [0.717, 1.165) is 0 Å². The topological polar surface area (TPSA) is 84.2 Å². The first-order chi connectivity index (χ1) is 10.5. The van der Waals surface area contributed by atoms with Gasteiger partial charge in [-0.15, -0.1) is 11.3 Å². The number of nitrogens with zero attached hydrogens (tertiary/aromatic N) is 1. The van der Waals surface area contributed by atoms with Crippen molar-refractivity contribution in [3.63, 3.8) is 0 Å². The van der Waals surface area contributed by atoms with Gasteiger partial charge in [0.05, 0.1) is 11.8 Å². The van der Waals surface area contributed by atoms with Crippen molar-refractivity contribution in [1.29, 1.82) is 0 Å². The summed E-state index contributed by atoms with van der Waals surface area (Å²) in [7, 11) is 0. The summed E-state index contributed by atoms with van der Waals surface area (Å²) in [5.41, 5.74) is 0.441. The molecule has 0 fully saturated rings. The first kappa shape index (κ1) is 16.2. The normalized spacial score (nSPS) is 12.2. The number of nitrogens with one attached hydrogen (secondary N) is 2. The van der Waals surface area contributed by atoms with Gasteiger partial charge in [-0.3, -0.25) is 9.59 Å². The van der Waals surface area contributed by atoms with Crippen LogP contribution in [-0.4, -0.2) is 22.8 Å². The molecular weight excluding hydrogens is 302 g/mol. The molecule has 0 aromatic carbocycles. The van der Waals surface area contributed by atoms with Gasteiger partial charge in [0.2, 0.25) is 5.91 Å². The maximum absolute atomic E-state index is 12.4. The number of aromatic nitrogens is 1. The first-order valence-corrected chi connectivity index (χ1v) is 7.90. The number of aryl methyl sites for hydroxylation is 1. The molecule has 0 spiro atoms. The molecule has 7 heteroatoms. The zero-order valence-electron chi connectivity index (χ0n) is 12.8. The average molecular weight is 321 g/mol. The Kier molecular flexibility index (Phi) is 5.32. The van der Waals surface area contributed by atoms with Crippen molar-refractivity contribution in [2.24, 2.45) is 5.92 Å². The lowest BCUT2D eigenvalue weighted by molar-refractivity contribution is -0.118. The Balaban J connectivity index is 2.07. The lowest BCUT2D eigenvalue weighted by Crippen LogP contribution is -2.44. The predicted octanol–water partition coefficient (Wildman–Crippen LogP) is 2.83. The van der Waals surface area contributed by atoms with E-state index in [1.165, 1.54) is 17.6 Å². The fourth-order valence-electron chi connectivity index (χ4n) is 2.04. The molecule has 118 valence electrons. The summed E-state index contributed by atoms with van der Waals surface area (Å²) in [6.45, 7) is 5.71. The Hall–Kier alpha value is -2.15. The highest BCUT2D eigenvalue weighted by Gasteiger charge is 2.24. The van der Waals surface area contributed by atoms with Gasteiger partial charge in [-0.2, -0.15) is 0 Å². The van der Waals surface area contributed by atoms with Gasteiger partial charge < -0.3 is 15.1 Å². The number of rotatable bonds is 6. The highest BCUT2D eigenvalue weighted by Crippen LogP contribution is 2.14. The van der Waals surface area contributed by atoms with E-state index < -0.39 is 6.04 Å². The summed E-state index contributed by atoms with van der Waals surface area (Å²) in [6.07, 6.45) is 3.61. The van der Waals surface area contributed by atoms with Crippen LogP contribution in [0, 0.1) is 12.8 Å². The second kappa shape index (κ2) is 7.22. The number of hydrogen-bond acceptors (Lipinski definition) is 5. The molecule has 0 aliphatic rings. The van der Waals surface area contributed by atoms with E-state index in [9.17, 15) is 9.59 Å². The van der Waals surface area contributed by atoms with Crippen LogP contribution in [0.3, 0.4) is 0 Å². The fourth-order valence-corrected chi connectivity index (χ4v) is 2.57. The molecule has 2 N–H and O–H groups in total. The van der Waals surface area contributed by atoms with Crippen molar-refractivity contribution in [1.82, 2.24) is 10.3 Å². The maximum atomic E-state index is 12.4. The molecular formula is C15H19N3O3S. The van der Waals surface area contributed by atoms with Gasteiger partial charge >= 0.3 is 0 Å². The SMILES string of the molecule is Cc1occc1C(=O)N[C@@H](CC(C)C)C(=O)Nc1nccs1. The van der Waals surface area contributed by atoms with E-state index in [1.54, 1.807) is 24.6 Å². The first-order valence-electron chi connectivity index (χ1n) is 7.02. The maximum Gasteiger partial charge on any atom is 0.255 e. The second-order valence-electron chi connectivity index (χ2n) is 5.37.